The van der Waals surface area contributed by atoms with Gasteiger partial charge in [0.2, 0.25) is 0 Å². The van der Waals surface area contributed by atoms with Crippen molar-refractivity contribution < 1.29 is 17.9 Å². The highest BCUT2D eigenvalue weighted by Gasteiger charge is 2.30. The van der Waals surface area contributed by atoms with E-state index in [4.69, 9.17) is 27.9 Å². The van der Waals surface area contributed by atoms with Crippen LogP contribution < -0.4 is 4.74 Å². The fourth-order valence-electron chi connectivity index (χ4n) is 3.54. The van der Waals surface area contributed by atoms with Crippen molar-refractivity contribution in [2.24, 2.45) is 0 Å². The fraction of sp³-hybridized carbons (Fsp3) is 0.125. The molecule has 2 nitrogen and oxygen atoms in total. The molecule has 7 heteroatoms. The van der Waals surface area contributed by atoms with Crippen LogP contribution in [0, 0.1) is 6.92 Å². The van der Waals surface area contributed by atoms with Crippen molar-refractivity contribution in [2.45, 2.75) is 13.1 Å². The van der Waals surface area contributed by atoms with Crippen molar-refractivity contribution in [1.29, 1.82) is 0 Å². The van der Waals surface area contributed by atoms with Gasteiger partial charge >= 0.3 is 6.18 Å². The summed E-state index contributed by atoms with van der Waals surface area (Å²) in [5.41, 5.74) is 3.40. The third-order valence-corrected chi connectivity index (χ3v) is 5.76. The number of halogens is 5. The Kier molecular flexibility index (Phi) is 5.58. The molecule has 0 radical (unpaired) electrons. The molecule has 0 saturated heterocycles. The number of benzene rings is 3. The molecule has 4 rings (SSSR count). The van der Waals surface area contributed by atoms with Crippen LogP contribution in [-0.4, -0.2) is 12.1 Å². The van der Waals surface area contributed by atoms with Crippen LogP contribution >= 0.6 is 23.2 Å². The van der Waals surface area contributed by atoms with Gasteiger partial charge in [-0.05, 0) is 41.8 Å². The Bertz CT molecular complexity index is 1280. The standard InChI is InChI=1S/C24H16Cl2F3NO/c1-13-22(23(26)18-11-19(25)21(31-2)12-20(18)30-13)15-8-6-14(7-9-15)16-4-3-5-17(10-16)24(27,28)29/h3-12H,1-2H3. The summed E-state index contributed by atoms with van der Waals surface area (Å²) in [4.78, 5) is 4.63. The van der Waals surface area contributed by atoms with Crippen molar-refractivity contribution in [1.82, 2.24) is 4.98 Å². The molecule has 0 amide bonds. The molecule has 0 saturated carbocycles. The number of hydrogen-bond acceptors (Lipinski definition) is 2. The molecular weight excluding hydrogens is 446 g/mol. The minimum absolute atomic E-state index is 0.424. The van der Waals surface area contributed by atoms with Gasteiger partial charge in [0.15, 0.2) is 0 Å². The summed E-state index contributed by atoms with van der Waals surface area (Å²) in [6.45, 7) is 1.85. The molecule has 4 aromatic rings. The molecule has 0 aliphatic rings. The Balaban J connectivity index is 1.78. The van der Waals surface area contributed by atoms with Crippen LogP contribution in [0.25, 0.3) is 33.2 Å². The van der Waals surface area contributed by atoms with E-state index in [2.05, 4.69) is 4.98 Å². The molecule has 1 aromatic heterocycles. The summed E-state index contributed by atoms with van der Waals surface area (Å²) in [6.07, 6.45) is -4.39. The summed E-state index contributed by atoms with van der Waals surface area (Å²) in [5, 5.41) is 1.61. The zero-order valence-electron chi connectivity index (χ0n) is 16.5. The number of aryl methyl sites for hydroxylation is 1. The minimum Gasteiger partial charge on any atom is -0.495 e. The van der Waals surface area contributed by atoms with Crippen LogP contribution in [0.3, 0.4) is 0 Å². The summed E-state index contributed by atoms with van der Waals surface area (Å²) in [5.74, 6) is 0.510. The molecule has 0 aliphatic carbocycles. The first-order chi connectivity index (χ1) is 14.7. The maximum Gasteiger partial charge on any atom is 0.416 e. The Morgan fingerprint density at radius 2 is 1.55 bits per heavy atom. The van der Waals surface area contributed by atoms with Gasteiger partial charge < -0.3 is 4.74 Å². The van der Waals surface area contributed by atoms with Crippen molar-refractivity contribution in [3.63, 3.8) is 0 Å². The van der Waals surface area contributed by atoms with Gasteiger partial charge in [-0.2, -0.15) is 13.2 Å². The minimum atomic E-state index is -4.39. The second-order valence-electron chi connectivity index (χ2n) is 7.05. The van der Waals surface area contributed by atoms with Crippen molar-refractivity contribution >= 4 is 34.1 Å². The zero-order chi connectivity index (χ0) is 22.3. The van der Waals surface area contributed by atoms with E-state index in [-0.39, 0.29) is 0 Å². The largest absolute Gasteiger partial charge is 0.495 e. The van der Waals surface area contributed by atoms with Gasteiger partial charge in [0.1, 0.15) is 5.75 Å². The predicted molar refractivity (Wildman–Crippen MR) is 119 cm³/mol. The van der Waals surface area contributed by atoms with E-state index in [1.54, 1.807) is 30.3 Å². The molecule has 0 atom stereocenters. The maximum atomic E-state index is 13.0. The highest BCUT2D eigenvalue weighted by atomic mass is 35.5. The number of ether oxygens (including phenoxy) is 1. The first kappa shape index (κ1) is 21.5. The summed E-state index contributed by atoms with van der Waals surface area (Å²) < 4.78 is 44.3. The number of rotatable bonds is 3. The number of hydrogen-bond donors (Lipinski definition) is 0. The summed E-state index contributed by atoms with van der Waals surface area (Å²) >= 11 is 13.0. The monoisotopic (exact) mass is 461 g/mol. The van der Waals surface area contributed by atoms with Crippen LogP contribution in [0.15, 0.2) is 60.7 Å². The first-order valence-electron chi connectivity index (χ1n) is 9.30. The SMILES string of the molecule is COc1cc2nc(C)c(-c3ccc(-c4cccc(C(F)(F)F)c4)cc3)c(Cl)c2cc1Cl. The normalized spacial score (nSPS) is 11.7. The van der Waals surface area contributed by atoms with Gasteiger partial charge in [-0.25, -0.2) is 0 Å². The molecule has 31 heavy (non-hydrogen) atoms. The van der Waals surface area contributed by atoms with Gasteiger partial charge in [-0.1, -0.05) is 59.6 Å². The van der Waals surface area contributed by atoms with Crippen molar-refractivity contribution in [3.05, 3.63) is 82.0 Å². The van der Waals surface area contributed by atoms with Crippen LogP contribution in [0.2, 0.25) is 10.0 Å². The number of fused-ring (bicyclic) bond motifs is 1. The lowest BCUT2D eigenvalue weighted by Crippen LogP contribution is -2.04. The second-order valence-corrected chi connectivity index (χ2v) is 7.83. The van der Waals surface area contributed by atoms with E-state index in [1.807, 2.05) is 19.1 Å². The van der Waals surface area contributed by atoms with E-state index in [0.29, 0.717) is 43.5 Å². The lowest BCUT2D eigenvalue weighted by molar-refractivity contribution is -0.137. The summed E-state index contributed by atoms with van der Waals surface area (Å²) in [7, 11) is 1.53. The van der Waals surface area contributed by atoms with E-state index < -0.39 is 11.7 Å². The zero-order valence-corrected chi connectivity index (χ0v) is 18.0. The molecule has 0 fully saturated rings. The molecule has 1 heterocycles. The summed E-state index contributed by atoms with van der Waals surface area (Å²) in [6, 6.07) is 15.9. The van der Waals surface area contributed by atoms with E-state index in [9.17, 15) is 13.2 Å². The fourth-order valence-corrected chi connectivity index (χ4v) is 4.18. The molecule has 0 bridgehead atoms. The lowest BCUT2D eigenvalue weighted by Gasteiger charge is -2.14. The van der Waals surface area contributed by atoms with E-state index in [0.717, 1.165) is 23.3 Å². The number of methoxy groups -OCH3 is 1. The van der Waals surface area contributed by atoms with Crippen molar-refractivity contribution in [3.8, 4) is 28.0 Å². The van der Waals surface area contributed by atoms with Gasteiger partial charge in [0.25, 0.3) is 0 Å². The van der Waals surface area contributed by atoms with Crippen molar-refractivity contribution in [2.75, 3.05) is 7.11 Å². The average Bonchev–Trinajstić information content (AvgIpc) is 2.74. The quantitative estimate of drug-likeness (QED) is 0.306. The average molecular weight is 462 g/mol. The molecule has 0 spiro atoms. The van der Waals surface area contributed by atoms with Gasteiger partial charge in [0, 0.05) is 22.7 Å². The molecule has 158 valence electrons. The predicted octanol–water partition coefficient (Wildman–Crippen LogP) is 8.21. The Hall–Kier alpha value is -2.76. The number of aromatic nitrogens is 1. The smallest absolute Gasteiger partial charge is 0.416 e. The Morgan fingerprint density at radius 1 is 0.871 bits per heavy atom. The topological polar surface area (TPSA) is 22.1 Å². The lowest BCUT2D eigenvalue weighted by atomic mass is 9.97. The number of alkyl halides is 3. The molecule has 0 N–H and O–H groups in total. The third-order valence-electron chi connectivity index (χ3n) is 5.07. The highest BCUT2D eigenvalue weighted by molar-refractivity contribution is 6.39. The second kappa shape index (κ2) is 8.06. The third kappa shape index (κ3) is 4.08. The van der Waals surface area contributed by atoms with Gasteiger partial charge in [-0.3, -0.25) is 4.98 Å². The maximum absolute atomic E-state index is 13.0. The highest BCUT2D eigenvalue weighted by Crippen LogP contribution is 2.40. The molecule has 0 aliphatic heterocycles. The first-order valence-corrected chi connectivity index (χ1v) is 10.1. The molecular formula is C24H16Cl2F3NO. The van der Waals surface area contributed by atoms with E-state index in [1.165, 1.54) is 13.2 Å². The Labute approximate surface area is 187 Å². The molecule has 0 unspecified atom stereocenters. The Morgan fingerprint density at radius 3 is 2.19 bits per heavy atom. The van der Waals surface area contributed by atoms with E-state index >= 15 is 0 Å². The van der Waals surface area contributed by atoms with Crippen LogP contribution in [0.1, 0.15) is 11.3 Å². The van der Waals surface area contributed by atoms with Gasteiger partial charge in [-0.15, -0.1) is 0 Å². The number of pyridine rings is 1. The molecule has 3 aromatic carbocycles. The number of nitrogens with zero attached hydrogens (tertiary/aromatic N) is 1. The van der Waals surface area contributed by atoms with Crippen LogP contribution in [-0.2, 0) is 6.18 Å². The van der Waals surface area contributed by atoms with Gasteiger partial charge in [0.05, 0.1) is 28.2 Å². The van der Waals surface area contributed by atoms with Crippen LogP contribution in [0.5, 0.6) is 5.75 Å². The van der Waals surface area contributed by atoms with Crippen LogP contribution in [0.4, 0.5) is 13.2 Å².